The number of carbonyl (C=O) groups excluding carboxylic acids is 2. The van der Waals surface area contributed by atoms with Crippen LogP contribution in [0, 0.1) is 11.6 Å². The van der Waals surface area contributed by atoms with Crippen LogP contribution in [0.25, 0.3) is 0 Å². The van der Waals surface area contributed by atoms with Gasteiger partial charge in [0.25, 0.3) is 0 Å². The molecule has 0 spiro atoms. The Labute approximate surface area is 109 Å². The monoisotopic (exact) mass is 269 g/mol. The van der Waals surface area contributed by atoms with Gasteiger partial charge in [0.2, 0.25) is 5.78 Å². The van der Waals surface area contributed by atoms with Crippen molar-refractivity contribution < 1.29 is 23.1 Å². The standard InChI is InChI=1S/C13H13F2NO3/c1-7(16-2)11(13(18)19-3)12(17)8-4-9(14)6-10(15)5-8/h4-6,16H,1-3H3. The number of carbonyl (C=O) groups is 2. The van der Waals surface area contributed by atoms with Gasteiger partial charge in [-0.3, -0.25) is 4.79 Å². The molecule has 19 heavy (non-hydrogen) atoms. The molecule has 0 atom stereocenters. The summed E-state index contributed by atoms with van der Waals surface area (Å²) >= 11 is 0. The van der Waals surface area contributed by atoms with E-state index >= 15 is 0 Å². The van der Waals surface area contributed by atoms with E-state index in [4.69, 9.17) is 0 Å². The number of hydrogen-bond donors (Lipinski definition) is 1. The first-order chi connectivity index (χ1) is 8.90. The van der Waals surface area contributed by atoms with Crippen LogP contribution in [0.3, 0.4) is 0 Å². The van der Waals surface area contributed by atoms with E-state index in [9.17, 15) is 18.4 Å². The van der Waals surface area contributed by atoms with E-state index in [1.807, 2.05) is 0 Å². The third-order valence-electron chi connectivity index (χ3n) is 2.49. The maximum Gasteiger partial charge on any atom is 0.343 e. The lowest BCUT2D eigenvalue weighted by molar-refractivity contribution is -0.135. The number of allylic oxidation sites excluding steroid dienone is 1. The van der Waals surface area contributed by atoms with Crippen LogP contribution in [0.1, 0.15) is 17.3 Å². The highest BCUT2D eigenvalue weighted by atomic mass is 19.1. The second-order valence-corrected chi connectivity index (χ2v) is 3.73. The first kappa shape index (κ1) is 14.8. The van der Waals surface area contributed by atoms with Crippen LogP contribution in [0.2, 0.25) is 0 Å². The van der Waals surface area contributed by atoms with Crippen LogP contribution < -0.4 is 5.32 Å². The summed E-state index contributed by atoms with van der Waals surface area (Å²) in [6.45, 7) is 1.49. The third-order valence-corrected chi connectivity index (χ3v) is 2.49. The summed E-state index contributed by atoms with van der Waals surface area (Å²) in [5.41, 5.74) is -0.302. The predicted octanol–water partition coefficient (Wildman–Crippen LogP) is 1.81. The predicted molar refractivity (Wildman–Crippen MR) is 64.5 cm³/mol. The molecule has 1 aromatic rings. The molecule has 0 aliphatic carbocycles. The molecule has 1 N–H and O–H groups in total. The average Bonchev–Trinajstić information content (AvgIpc) is 2.37. The van der Waals surface area contributed by atoms with Crippen molar-refractivity contribution in [3.8, 4) is 0 Å². The van der Waals surface area contributed by atoms with Crippen LogP contribution >= 0.6 is 0 Å². The molecule has 0 radical (unpaired) electrons. The topological polar surface area (TPSA) is 55.4 Å². The fourth-order valence-electron chi connectivity index (χ4n) is 1.47. The van der Waals surface area contributed by atoms with Crippen molar-refractivity contribution in [2.24, 2.45) is 0 Å². The SMILES string of the molecule is CNC(C)=C(C(=O)OC)C(=O)c1cc(F)cc(F)c1. The number of benzene rings is 1. The first-order valence-electron chi connectivity index (χ1n) is 5.38. The summed E-state index contributed by atoms with van der Waals surface area (Å²) in [5, 5.41) is 2.63. The largest absolute Gasteiger partial charge is 0.465 e. The fraction of sp³-hybridized carbons (Fsp3) is 0.231. The number of Topliss-reactive ketones (excluding diaryl/α,β-unsaturated/α-hetero) is 1. The van der Waals surface area contributed by atoms with E-state index in [-0.39, 0.29) is 16.8 Å². The molecule has 0 aromatic heterocycles. The summed E-state index contributed by atoms with van der Waals surface area (Å²) in [6.07, 6.45) is 0. The Hall–Kier alpha value is -2.24. The van der Waals surface area contributed by atoms with E-state index in [1.54, 1.807) is 0 Å². The van der Waals surface area contributed by atoms with Gasteiger partial charge in [-0.25, -0.2) is 13.6 Å². The van der Waals surface area contributed by atoms with Gasteiger partial charge < -0.3 is 10.1 Å². The molecule has 102 valence electrons. The highest BCUT2D eigenvalue weighted by molar-refractivity contribution is 6.24. The number of halogens is 2. The maximum atomic E-state index is 13.1. The summed E-state index contributed by atoms with van der Waals surface area (Å²) in [7, 11) is 2.63. The summed E-state index contributed by atoms with van der Waals surface area (Å²) in [4.78, 5) is 23.7. The van der Waals surface area contributed by atoms with E-state index < -0.39 is 23.4 Å². The van der Waals surface area contributed by atoms with E-state index in [0.29, 0.717) is 6.07 Å². The van der Waals surface area contributed by atoms with Gasteiger partial charge in [-0.05, 0) is 19.1 Å². The van der Waals surface area contributed by atoms with Crippen molar-refractivity contribution in [1.82, 2.24) is 5.32 Å². The maximum absolute atomic E-state index is 13.1. The smallest absolute Gasteiger partial charge is 0.343 e. The second-order valence-electron chi connectivity index (χ2n) is 3.73. The molecule has 0 amide bonds. The lowest BCUT2D eigenvalue weighted by Gasteiger charge is -2.09. The molecule has 1 aromatic carbocycles. The van der Waals surface area contributed by atoms with Crippen LogP contribution in [0.4, 0.5) is 8.78 Å². The summed E-state index contributed by atoms with van der Waals surface area (Å²) in [6, 6.07) is 2.36. The van der Waals surface area contributed by atoms with Crippen LogP contribution in [-0.4, -0.2) is 25.9 Å². The van der Waals surface area contributed by atoms with E-state index in [2.05, 4.69) is 10.1 Å². The minimum atomic E-state index is -0.894. The Bertz CT molecular complexity index is 533. The molecule has 0 saturated carbocycles. The molecule has 6 heteroatoms. The number of esters is 1. The van der Waals surface area contributed by atoms with Gasteiger partial charge in [0.05, 0.1) is 7.11 Å². The lowest BCUT2D eigenvalue weighted by Crippen LogP contribution is -2.21. The number of ether oxygens (including phenoxy) is 1. The quantitative estimate of drug-likeness (QED) is 0.298. The average molecular weight is 269 g/mol. The molecule has 0 fully saturated rings. The zero-order valence-corrected chi connectivity index (χ0v) is 10.7. The number of ketones is 1. The molecule has 0 aliphatic rings. The highest BCUT2D eigenvalue weighted by Gasteiger charge is 2.24. The molecule has 0 unspecified atom stereocenters. The van der Waals surface area contributed by atoms with Crippen molar-refractivity contribution >= 4 is 11.8 Å². The van der Waals surface area contributed by atoms with Gasteiger partial charge in [0.1, 0.15) is 17.2 Å². The normalized spacial score (nSPS) is 11.6. The van der Waals surface area contributed by atoms with E-state index in [1.165, 1.54) is 14.0 Å². The molecule has 0 bridgehead atoms. The molecule has 0 heterocycles. The molecule has 4 nitrogen and oxygen atoms in total. The second kappa shape index (κ2) is 6.08. The number of nitrogens with one attached hydrogen (secondary N) is 1. The van der Waals surface area contributed by atoms with Gasteiger partial charge in [-0.1, -0.05) is 0 Å². The van der Waals surface area contributed by atoms with Crippen molar-refractivity contribution in [3.63, 3.8) is 0 Å². The molecular formula is C13H13F2NO3. The van der Waals surface area contributed by atoms with Gasteiger partial charge in [0, 0.05) is 24.4 Å². The number of methoxy groups -OCH3 is 1. The number of rotatable bonds is 4. The number of hydrogen-bond acceptors (Lipinski definition) is 4. The summed E-state index contributed by atoms with van der Waals surface area (Å²) in [5.74, 6) is -3.47. The Morgan fingerprint density at radius 2 is 1.68 bits per heavy atom. The Morgan fingerprint density at radius 3 is 2.11 bits per heavy atom. The zero-order valence-electron chi connectivity index (χ0n) is 10.7. The Morgan fingerprint density at radius 1 is 1.16 bits per heavy atom. The molecular weight excluding hydrogens is 256 g/mol. The molecule has 0 saturated heterocycles. The van der Waals surface area contributed by atoms with Gasteiger partial charge >= 0.3 is 5.97 Å². The molecule has 0 aliphatic heterocycles. The van der Waals surface area contributed by atoms with Crippen molar-refractivity contribution in [3.05, 3.63) is 46.7 Å². The Balaban J connectivity index is 3.32. The molecule has 1 rings (SSSR count). The van der Waals surface area contributed by atoms with Crippen LogP contribution in [-0.2, 0) is 9.53 Å². The van der Waals surface area contributed by atoms with Crippen molar-refractivity contribution in [2.75, 3.05) is 14.2 Å². The van der Waals surface area contributed by atoms with Gasteiger partial charge in [-0.2, -0.15) is 0 Å². The van der Waals surface area contributed by atoms with Gasteiger partial charge in [0.15, 0.2) is 0 Å². The van der Waals surface area contributed by atoms with E-state index in [0.717, 1.165) is 19.2 Å². The van der Waals surface area contributed by atoms with Crippen LogP contribution in [0.15, 0.2) is 29.5 Å². The lowest BCUT2D eigenvalue weighted by atomic mass is 10.0. The van der Waals surface area contributed by atoms with Crippen molar-refractivity contribution in [2.45, 2.75) is 6.92 Å². The fourth-order valence-corrected chi connectivity index (χ4v) is 1.47. The third kappa shape index (κ3) is 3.37. The Kier molecular flexibility index (Phi) is 4.74. The van der Waals surface area contributed by atoms with Crippen molar-refractivity contribution in [1.29, 1.82) is 0 Å². The first-order valence-corrected chi connectivity index (χ1v) is 5.38. The summed E-state index contributed by atoms with van der Waals surface area (Å²) < 4.78 is 30.6. The van der Waals surface area contributed by atoms with Gasteiger partial charge in [-0.15, -0.1) is 0 Å². The minimum absolute atomic E-state index is 0.251. The van der Waals surface area contributed by atoms with Crippen LogP contribution in [0.5, 0.6) is 0 Å². The highest BCUT2D eigenvalue weighted by Crippen LogP contribution is 2.15. The zero-order chi connectivity index (χ0) is 14.6. The minimum Gasteiger partial charge on any atom is -0.465 e.